The molecule has 1 aliphatic rings. The largest absolute Gasteiger partial charge is 0.310 e. The van der Waals surface area contributed by atoms with Crippen LogP contribution in [0, 0.1) is 12.8 Å². The third kappa shape index (κ3) is 3.46. The minimum atomic E-state index is 0.498. The van der Waals surface area contributed by atoms with E-state index in [0.29, 0.717) is 6.04 Å². The second-order valence-corrected chi connectivity index (χ2v) is 6.00. The van der Waals surface area contributed by atoms with Gasteiger partial charge >= 0.3 is 0 Å². The summed E-state index contributed by atoms with van der Waals surface area (Å²) < 4.78 is 0. The van der Waals surface area contributed by atoms with Gasteiger partial charge in [-0.3, -0.25) is 4.98 Å². The third-order valence-corrected chi connectivity index (χ3v) is 4.49. The Morgan fingerprint density at radius 1 is 1.53 bits per heavy atom. The average Bonchev–Trinajstić information content (AvgIpc) is 2.83. The molecule has 0 aromatic carbocycles. The van der Waals surface area contributed by atoms with Gasteiger partial charge in [-0.05, 0) is 54.9 Å². The Balaban J connectivity index is 2.13. The Bertz CT molecular complexity index is 348. The van der Waals surface area contributed by atoms with E-state index in [1.165, 1.54) is 35.5 Å². The summed E-state index contributed by atoms with van der Waals surface area (Å²) in [5, 5.41) is 3.70. The van der Waals surface area contributed by atoms with Crippen LogP contribution < -0.4 is 5.32 Å². The maximum atomic E-state index is 4.34. The minimum absolute atomic E-state index is 0.498. The van der Waals surface area contributed by atoms with Crippen molar-refractivity contribution in [3.63, 3.8) is 0 Å². The van der Waals surface area contributed by atoms with Gasteiger partial charge in [0, 0.05) is 18.4 Å². The number of hydrogen-bond donors (Lipinski definition) is 1. The van der Waals surface area contributed by atoms with Crippen LogP contribution in [0.25, 0.3) is 0 Å². The molecule has 3 heteroatoms. The SMILES string of the molecule is CCCNC(c1cncc(C)c1)C1CCSC1. The smallest absolute Gasteiger partial charge is 0.0372 e. The van der Waals surface area contributed by atoms with Crippen LogP contribution in [0.5, 0.6) is 0 Å². The van der Waals surface area contributed by atoms with Gasteiger partial charge in [0.05, 0.1) is 0 Å². The fourth-order valence-corrected chi connectivity index (χ4v) is 3.72. The van der Waals surface area contributed by atoms with E-state index in [1.54, 1.807) is 0 Å². The van der Waals surface area contributed by atoms with Crippen molar-refractivity contribution < 1.29 is 0 Å². The lowest BCUT2D eigenvalue weighted by Gasteiger charge is -2.24. The van der Waals surface area contributed by atoms with Crippen LogP contribution in [0.3, 0.4) is 0 Å². The predicted molar refractivity (Wildman–Crippen MR) is 75.4 cm³/mol. The van der Waals surface area contributed by atoms with Crippen molar-refractivity contribution in [3.05, 3.63) is 29.6 Å². The molecule has 1 N–H and O–H groups in total. The molecule has 2 rings (SSSR count). The number of thioether (sulfide) groups is 1. The molecule has 1 aliphatic heterocycles. The van der Waals surface area contributed by atoms with Gasteiger partial charge in [0.15, 0.2) is 0 Å². The zero-order valence-corrected chi connectivity index (χ0v) is 11.6. The second kappa shape index (κ2) is 6.41. The first kappa shape index (κ1) is 12.9. The first-order valence-corrected chi connectivity index (χ1v) is 7.69. The molecule has 2 unspecified atom stereocenters. The molecule has 0 amide bonds. The van der Waals surface area contributed by atoms with Gasteiger partial charge in [-0.15, -0.1) is 0 Å². The van der Waals surface area contributed by atoms with Crippen molar-refractivity contribution in [2.45, 2.75) is 32.7 Å². The summed E-state index contributed by atoms with van der Waals surface area (Å²) in [5.41, 5.74) is 2.63. The van der Waals surface area contributed by atoms with Crippen LogP contribution in [-0.4, -0.2) is 23.0 Å². The van der Waals surface area contributed by atoms with Crippen LogP contribution in [-0.2, 0) is 0 Å². The Kier molecular flexibility index (Phi) is 4.86. The molecule has 2 nitrogen and oxygen atoms in total. The zero-order chi connectivity index (χ0) is 12.1. The topological polar surface area (TPSA) is 24.9 Å². The number of nitrogens with zero attached hydrogens (tertiary/aromatic N) is 1. The number of hydrogen-bond acceptors (Lipinski definition) is 3. The standard InChI is InChI=1S/C14H22N2S/c1-3-5-16-14(12-4-6-17-10-12)13-7-11(2)8-15-9-13/h7-9,12,14,16H,3-6,10H2,1-2H3. The Morgan fingerprint density at radius 2 is 2.41 bits per heavy atom. The van der Waals surface area contributed by atoms with Gasteiger partial charge in [0.1, 0.15) is 0 Å². The molecule has 0 aliphatic carbocycles. The van der Waals surface area contributed by atoms with E-state index in [1.807, 2.05) is 12.4 Å². The van der Waals surface area contributed by atoms with Gasteiger partial charge in [-0.2, -0.15) is 11.8 Å². The van der Waals surface area contributed by atoms with Crippen LogP contribution in [0.1, 0.15) is 36.9 Å². The van der Waals surface area contributed by atoms with E-state index in [4.69, 9.17) is 0 Å². The molecule has 1 fully saturated rings. The number of nitrogens with one attached hydrogen (secondary N) is 1. The molecule has 1 saturated heterocycles. The molecular formula is C14H22N2S. The van der Waals surface area contributed by atoms with Gasteiger partial charge in [0.25, 0.3) is 0 Å². The highest BCUT2D eigenvalue weighted by atomic mass is 32.2. The summed E-state index contributed by atoms with van der Waals surface area (Å²) in [5.74, 6) is 3.37. The normalized spacial score (nSPS) is 21.6. The maximum absolute atomic E-state index is 4.34. The molecule has 17 heavy (non-hydrogen) atoms. The second-order valence-electron chi connectivity index (χ2n) is 4.85. The summed E-state index contributed by atoms with van der Waals surface area (Å²) in [4.78, 5) is 4.34. The lowest BCUT2D eigenvalue weighted by atomic mass is 9.93. The van der Waals surface area contributed by atoms with Gasteiger partial charge < -0.3 is 5.32 Å². The van der Waals surface area contributed by atoms with Crippen molar-refractivity contribution in [1.29, 1.82) is 0 Å². The molecule has 0 bridgehead atoms. The highest BCUT2D eigenvalue weighted by Crippen LogP contribution is 2.34. The molecule has 1 aromatic rings. The quantitative estimate of drug-likeness (QED) is 0.869. The van der Waals surface area contributed by atoms with Gasteiger partial charge in [-0.1, -0.05) is 13.0 Å². The minimum Gasteiger partial charge on any atom is -0.310 e. The third-order valence-electron chi connectivity index (χ3n) is 3.31. The van der Waals surface area contributed by atoms with Crippen molar-refractivity contribution in [2.24, 2.45) is 5.92 Å². The van der Waals surface area contributed by atoms with Crippen LogP contribution in [0.2, 0.25) is 0 Å². The van der Waals surface area contributed by atoms with E-state index < -0.39 is 0 Å². The van der Waals surface area contributed by atoms with E-state index >= 15 is 0 Å². The van der Waals surface area contributed by atoms with Crippen molar-refractivity contribution >= 4 is 11.8 Å². The number of aryl methyl sites for hydroxylation is 1. The Hall–Kier alpha value is -0.540. The van der Waals surface area contributed by atoms with Crippen LogP contribution >= 0.6 is 11.8 Å². The fraction of sp³-hybridized carbons (Fsp3) is 0.643. The van der Waals surface area contributed by atoms with Crippen LogP contribution in [0.4, 0.5) is 0 Å². The number of pyridine rings is 1. The number of rotatable bonds is 5. The first-order chi connectivity index (χ1) is 8.31. The summed E-state index contributed by atoms with van der Waals surface area (Å²) in [6.07, 6.45) is 6.49. The van der Waals surface area contributed by atoms with E-state index in [-0.39, 0.29) is 0 Å². The molecule has 2 heterocycles. The lowest BCUT2D eigenvalue weighted by Crippen LogP contribution is -2.29. The maximum Gasteiger partial charge on any atom is 0.0372 e. The Morgan fingerprint density at radius 3 is 3.06 bits per heavy atom. The van der Waals surface area contributed by atoms with Crippen LogP contribution in [0.15, 0.2) is 18.5 Å². The molecule has 94 valence electrons. The summed E-state index contributed by atoms with van der Waals surface area (Å²) in [7, 11) is 0. The van der Waals surface area contributed by atoms with Crippen molar-refractivity contribution in [3.8, 4) is 0 Å². The van der Waals surface area contributed by atoms with Gasteiger partial charge in [-0.25, -0.2) is 0 Å². The van der Waals surface area contributed by atoms with E-state index in [9.17, 15) is 0 Å². The first-order valence-electron chi connectivity index (χ1n) is 6.54. The molecule has 0 saturated carbocycles. The highest BCUT2D eigenvalue weighted by molar-refractivity contribution is 7.99. The molecule has 1 aromatic heterocycles. The highest BCUT2D eigenvalue weighted by Gasteiger charge is 2.26. The number of aromatic nitrogens is 1. The molecule has 0 radical (unpaired) electrons. The monoisotopic (exact) mass is 250 g/mol. The summed E-state index contributed by atoms with van der Waals surface area (Å²) in [6, 6.07) is 2.78. The Labute approximate surface area is 109 Å². The molecular weight excluding hydrogens is 228 g/mol. The van der Waals surface area contributed by atoms with Crippen molar-refractivity contribution in [1.82, 2.24) is 10.3 Å². The summed E-state index contributed by atoms with van der Waals surface area (Å²) >= 11 is 2.08. The zero-order valence-electron chi connectivity index (χ0n) is 10.8. The average molecular weight is 250 g/mol. The molecule has 0 spiro atoms. The van der Waals surface area contributed by atoms with E-state index in [0.717, 1.165) is 12.5 Å². The van der Waals surface area contributed by atoms with E-state index in [2.05, 4.69) is 42.0 Å². The molecule has 2 atom stereocenters. The van der Waals surface area contributed by atoms with Crippen molar-refractivity contribution in [2.75, 3.05) is 18.1 Å². The fourth-order valence-electron chi connectivity index (χ4n) is 2.42. The van der Waals surface area contributed by atoms with Gasteiger partial charge in [0.2, 0.25) is 0 Å². The predicted octanol–water partition coefficient (Wildman–Crippen LogP) is 3.18. The summed E-state index contributed by atoms with van der Waals surface area (Å²) in [6.45, 7) is 5.44. The lowest BCUT2D eigenvalue weighted by molar-refractivity contribution is 0.393.